The van der Waals surface area contributed by atoms with E-state index in [-0.39, 0.29) is 16.9 Å². The number of methoxy groups -OCH3 is 1. The minimum atomic E-state index is -0.998. The first kappa shape index (κ1) is 24.3. The Labute approximate surface area is 193 Å². The first-order valence-electron chi connectivity index (χ1n) is 10.1. The minimum absolute atomic E-state index is 0.195. The third-order valence-corrected chi connectivity index (χ3v) is 5.25. The quantitative estimate of drug-likeness (QED) is 0.212. The fourth-order valence-electron chi connectivity index (χ4n) is 3.46. The Morgan fingerprint density at radius 2 is 1.62 bits per heavy atom. The van der Waals surface area contributed by atoms with Gasteiger partial charge in [-0.2, -0.15) is 0 Å². The van der Waals surface area contributed by atoms with E-state index in [0.29, 0.717) is 17.8 Å². The van der Waals surface area contributed by atoms with Crippen LogP contribution in [-0.4, -0.2) is 40.9 Å². The molecule has 3 aromatic rings. The topological polar surface area (TPSA) is 118 Å². The Balaban J connectivity index is 1.75. The number of ketones is 1. The number of non-ortho nitro benzene ring substituents is 1. The molecule has 0 fully saturated rings. The molecular formula is C24H21FN2O7. The highest BCUT2D eigenvalue weighted by molar-refractivity contribution is 6.01. The SMILES string of the molecule is COC(=O)c1cc(C(=O)OCC(=O)c2cc(C)n(Cc3ccc(F)cc3)c2C)cc([N+](=O)[O-])c1. The number of esters is 2. The maximum absolute atomic E-state index is 13.2. The van der Waals surface area contributed by atoms with Gasteiger partial charge in [-0.25, -0.2) is 14.0 Å². The van der Waals surface area contributed by atoms with Gasteiger partial charge in [0, 0.05) is 35.6 Å². The zero-order chi connectivity index (χ0) is 25.0. The number of halogens is 1. The maximum Gasteiger partial charge on any atom is 0.338 e. The average molecular weight is 468 g/mol. The predicted molar refractivity (Wildman–Crippen MR) is 118 cm³/mol. The summed E-state index contributed by atoms with van der Waals surface area (Å²) in [6.07, 6.45) is 0. The van der Waals surface area contributed by atoms with Crippen LogP contribution in [0, 0.1) is 29.8 Å². The molecule has 0 amide bonds. The highest BCUT2D eigenvalue weighted by atomic mass is 19.1. The standard InChI is InChI=1S/C24H21FN2O7/c1-14-8-21(15(2)26(14)12-16-4-6-19(25)7-5-16)22(28)13-34-24(30)18-9-17(23(29)33-3)10-20(11-18)27(31)32/h4-11H,12-13H2,1-3H3. The van der Waals surface area contributed by atoms with Gasteiger partial charge in [0.25, 0.3) is 5.69 Å². The molecule has 0 bridgehead atoms. The van der Waals surface area contributed by atoms with Crippen molar-refractivity contribution in [3.05, 3.63) is 98.1 Å². The molecule has 176 valence electrons. The fraction of sp³-hybridized carbons (Fsp3) is 0.208. The Morgan fingerprint density at radius 1 is 1.00 bits per heavy atom. The van der Waals surface area contributed by atoms with Crippen molar-refractivity contribution in [3.63, 3.8) is 0 Å². The zero-order valence-electron chi connectivity index (χ0n) is 18.7. The van der Waals surface area contributed by atoms with Crippen LogP contribution in [0.5, 0.6) is 0 Å². The van der Waals surface area contributed by atoms with Gasteiger partial charge in [0.1, 0.15) is 5.82 Å². The number of hydrogen-bond donors (Lipinski definition) is 0. The average Bonchev–Trinajstić information content (AvgIpc) is 3.11. The molecule has 0 aliphatic heterocycles. The van der Waals surface area contributed by atoms with Crippen LogP contribution in [0.2, 0.25) is 0 Å². The third kappa shape index (κ3) is 5.34. The molecule has 9 nitrogen and oxygen atoms in total. The molecular weight excluding hydrogens is 447 g/mol. The molecule has 0 saturated carbocycles. The van der Waals surface area contributed by atoms with Crippen LogP contribution in [0.25, 0.3) is 0 Å². The van der Waals surface area contributed by atoms with Crippen LogP contribution in [0.15, 0.2) is 48.5 Å². The molecule has 0 radical (unpaired) electrons. The van der Waals surface area contributed by atoms with E-state index in [2.05, 4.69) is 4.74 Å². The number of nitro groups is 1. The molecule has 0 unspecified atom stereocenters. The summed E-state index contributed by atoms with van der Waals surface area (Å²) in [6.45, 7) is 3.39. The number of carbonyl (C=O) groups is 3. The van der Waals surface area contributed by atoms with E-state index in [1.807, 2.05) is 11.5 Å². The van der Waals surface area contributed by atoms with Crippen molar-refractivity contribution in [1.82, 2.24) is 4.57 Å². The first-order chi connectivity index (χ1) is 16.1. The summed E-state index contributed by atoms with van der Waals surface area (Å²) in [6, 6.07) is 10.7. The van der Waals surface area contributed by atoms with Gasteiger partial charge in [-0.3, -0.25) is 14.9 Å². The first-order valence-corrected chi connectivity index (χ1v) is 10.1. The van der Waals surface area contributed by atoms with Crippen molar-refractivity contribution in [2.24, 2.45) is 0 Å². The van der Waals surface area contributed by atoms with E-state index in [1.165, 1.54) is 12.1 Å². The van der Waals surface area contributed by atoms with Crippen molar-refractivity contribution >= 4 is 23.4 Å². The van der Waals surface area contributed by atoms with Gasteiger partial charge in [-0.05, 0) is 43.7 Å². The number of rotatable bonds is 8. The third-order valence-electron chi connectivity index (χ3n) is 5.25. The van der Waals surface area contributed by atoms with Gasteiger partial charge >= 0.3 is 11.9 Å². The molecule has 2 aromatic carbocycles. The second kappa shape index (κ2) is 10.1. The monoisotopic (exact) mass is 468 g/mol. The second-order valence-electron chi connectivity index (χ2n) is 7.51. The molecule has 0 aliphatic rings. The Morgan fingerprint density at radius 3 is 2.21 bits per heavy atom. The highest BCUT2D eigenvalue weighted by Crippen LogP contribution is 2.21. The van der Waals surface area contributed by atoms with Crippen molar-refractivity contribution in [2.45, 2.75) is 20.4 Å². The van der Waals surface area contributed by atoms with Crippen molar-refractivity contribution in [2.75, 3.05) is 13.7 Å². The number of carbonyl (C=O) groups excluding carboxylic acids is 3. The van der Waals surface area contributed by atoms with Crippen LogP contribution in [0.1, 0.15) is 48.0 Å². The molecule has 0 N–H and O–H groups in total. The number of nitro benzene ring substituents is 1. The maximum atomic E-state index is 13.2. The summed E-state index contributed by atoms with van der Waals surface area (Å²) in [5, 5.41) is 11.1. The largest absolute Gasteiger partial charge is 0.465 e. The van der Waals surface area contributed by atoms with Crippen LogP contribution >= 0.6 is 0 Å². The van der Waals surface area contributed by atoms with E-state index in [0.717, 1.165) is 36.6 Å². The van der Waals surface area contributed by atoms with Gasteiger partial charge in [0.15, 0.2) is 6.61 Å². The summed E-state index contributed by atoms with van der Waals surface area (Å²) in [5.41, 5.74) is 1.68. The number of aromatic nitrogens is 1. The molecule has 0 spiro atoms. The van der Waals surface area contributed by atoms with Gasteiger partial charge < -0.3 is 14.0 Å². The van der Waals surface area contributed by atoms with E-state index in [4.69, 9.17) is 4.74 Å². The van der Waals surface area contributed by atoms with Gasteiger partial charge in [-0.1, -0.05) is 12.1 Å². The Kier molecular flexibility index (Phi) is 7.20. The summed E-state index contributed by atoms with van der Waals surface area (Å²) >= 11 is 0. The molecule has 34 heavy (non-hydrogen) atoms. The van der Waals surface area contributed by atoms with Crippen LogP contribution in [-0.2, 0) is 16.0 Å². The molecule has 3 rings (SSSR count). The summed E-state index contributed by atoms with van der Waals surface area (Å²) in [4.78, 5) is 47.3. The summed E-state index contributed by atoms with van der Waals surface area (Å²) < 4.78 is 24.7. The van der Waals surface area contributed by atoms with E-state index < -0.39 is 34.9 Å². The molecule has 0 saturated heterocycles. The van der Waals surface area contributed by atoms with Crippen molar-refractivity contribution in [1.29, 1.82) is 0 Å². The summed E-state index contributed by atoms with van der Waals surface area (Å²) in [5.74, 6) is -2.67. The lowest BCUT2D eigenvalue weighted by atomic mass is 10.1. The van der Waals surface area contributed by atoms with Crippen molar-refractivity contribution in [3.8, 4) is 0 Å². The fourth-order valence-corrected chi connectivity index (χ4v) is 3.46. The van der Waals surface area contributed by atoms with Crippen molar-refractivity contribution < 1.29 is 33.2 Å². The number of hydrogen-bond acceptors (Lipinski definition) is 7. The lowest BCUT2D eigenvalue weighted by Crippen LogP contribution is -2.16. The van der Waals surface area contributed by atoms with Gasteiger partial charge in [-0.15, -0.1) is 0 Å². The number of aryl methyl sites for hydroxylation is 1. The van der Waals surface area contributed by atoms with Gasteiger partial charge in [0.05, 0.1) is 23.2 Å². The normalized spacial score (nSPS) is 10.6. The Hall–Kier alpha value is -4.34. The van der Waals surface area contributed by atoms with E-state index in [1.54, 1.807) is 25.1 Å². The molecule has 0 atom stereocenters. The van der Waals surface area contributed by atoms with Crippen LogP contribution in [0.4, 0.5) is 10.1 Å². The van der Waals surface area contributed by atoms with Gasteiger partial charge in [0.2, 0.25) is 5.78 Å². The molecule has 0 aliphatic carbocycles. The second-order valence-corrected chi connectivity index (χ2v) is 7.51. The molecule has 1 heterocycles. The predicted octanol–water partition coefficient (Wildman–Crippen LogP) is 4.03. The van der Waals surface area contributed by atoms with E-state index in [9.17, 15) is 28.9 Å². The highest BCUT2D eigenvalue weighted by Gasteiger charge is 2.21. The zero-order valence-corrected chi connectivity index (χ0v) is 18.7. The number of benzene rings is 2. The molecule has 1 aromatic heterocycles. The lowest BCUT2D eigenvalue weighted by Gasteiger charge is -2.10. The number of ether oxygens (including phenoxy) is 2. The molecule has 10 heteroatoms. The smallest absolute Gasteiger partial charge is 0.338 e. The summed E-state index contributed by atoms with van der Waals surface area (Å²) in [7, 11) is 1.10. The minimum Gasteiger partial charge on any atom is -0.465 e. The lowest BCUT2D eigenvalue weighted by molar-refractivity contribution is -0.384. The Bertz CT molecular complexity index is 1280. The van der Waals surface area contributed by atoms with E-state index >= 15 is 0 Å². The van der Waals surface area contributed by atoms with Crippen LogP contribution < -0.4 is 0 Å². The van der Waals surface area contributed by atoms with Crippen LogP contribution in [0.3, 0.4) is 0 Å². The number of nitrogens with zero attached hydrogens (tertiary/aromatic N) is 2. The number of Topliss-reactive ketones (excluding diaryl/α,β-unsaturated/α-hetero) is 1.